The Balaban J connectivity index is 2.36. The third kappa shape index (κ3) is 2.00. The Labute approximate surface area is 116 Å². The van der Waals surface area contributed by atoms with Crippen LogP contribution in [0.25, 0.3) is 16.9 Å². The Morgan fingerprint density at radius 3 is 2.58 bits per heavy atom. The topological polar surface area (TPSA) is 30.7 Å². The van der Waals surface area contributed by atoms with Crippen LogP contribution < -0.4 is 0 Å². The fraction of sp³-hybridized carbons (Fsp3) is 0.200. The number of imidazole rings is 1. The van der Waals surface area contributed by atoms with Gasteiger partial charge in [0.1, 0.15) is 16.5 Å². The number of benzene rings is 1. The summed E-state index contributed by atoms with van der Waals surface area (Å²) < 4.78 is 2.07. The minimum atomic E-state index is 0.534. The number of fused-ring (bicyclic) bond motifs is 1. The summed E-state index contributed by atoms with van der Waals surface area (Å²) in [6.45, 7) is 4.04. The molecule has 4 heteroatoms. The molecular weight excluding hydrogens is 258 g/mol. The van der Waals surface area contributed by atoms with Gasteiger partial charge in [-0.05, 0) is 30.7 Å². The predicted molar refractivity (Wildman–Crippen MR) is 78.0 cm³/mol. The fourth-order valence-electron chi connectivity index (χ4n) is 2.21. The van der Waals surface area contributed by atoms with Crippen molar-refractivity contribution in [1.29, 1.82) is 0 Å². The number of hydrogen-bond acceptors (Lipinski definition) is 2. The maximum atomic E-state index is 6.15. The van der Waals surface area contributed by atoms with E-state index < -0.39 is 0 Å². The van der Waals surface area contributed by atoms with Gasteiger partial charge in [-0.3, -0.25) is 4.57 Å². The van der Waals surface area contributed by atoms with Crippen molar-refractivity contribution in [1.82, 2.24) is 14.5 Å². The van der Waals surface area contributed by atoms with E-state index in [1.807, 2.05) is 31.2 Å². The van der Waals surface area contributed by atoms with Crippen LogP contribution in [0.4, 0.5) is 0 Å². The van der Waals surface area contributed by atoms with Crippen molar-refractivity contribution in [2.75, 3.05) is 0 Å². The summed E-state index contributed by atoms with van der Waals surface area (Å²) in [7, 11) is 0. The van der Waals surface area contributed by atoms with E-state index in [1.165, 1.54) is 0 Å². The molecule has 0 aliphatic carbocycles. The SMILES string of the molecule is CCc1nc2cc(C)c(Cl)nc2n1-c1ccccc1. The van der Waals surface area contributed by atoms with Crippen molar-refractivity contribution in [3.8, 4) is 5.69 Å². The highest BCUT2D eigenvalue weighted by Crippen LogP contribution is 2.24. The zero-order valence-corrected chi connectivity index (χ0v) is 11.6. The standard InChI is InChI=1S/C15H14ClN3/c1-3-13-17-12-9-10(2)14(16)18-15(12)19(13)11-7-5-4-6-8-11/h4-9H,3H2,1-2H3. The molecular formula is C15H14ClN3. The van der Waals surface area contributed by atoms with Crippen molar-refractivity contribution in [3.63, 3.8) is 0 Å². The number of aromatic nitrogens is 3. The van der Waals surface area contributed by atoms with Crippen LogP contribution in [-0.2, 0) is 6.42 Å². The largest absolute Gasteiger partial charge is 0.281 e. The number of pyridine rings is 1. The molecule has 2 aromatic heterocycles. The van der Waals surface area contributed by atoms with E-state index in [4.69, 9.17) is 11.6 Å². The van der Waals surface area contributed by atoms with Crippen LogP contribution in [0.1, 0.15) is 18.3 Å². The molecule has 0 atom stereocenters. The number of nitrogens with zero attached hydrogens (tertiary/aromatic N) is 3. The lowest BCUT2D eigenvalue weighted by atomic mass is 10.3. The van der Waals surface area contributed by atoms with Gasteiger partial charge in [-0.25, -0.2) is 9.97 Å². The van der Waals surface area contributed by atoms with Gasteiger partial charge in [-0.15, -0.1) is 0 Å². The van der Waals surface area contributed by atoms with Crippen molar-refractivity contribution >= 4 is 22.8 Å². The number of para-hydroxylation sites is 1. The van der Waals surface area contributed by atoms with Gasteiger partial charge in [0.05, 0.1) is 0 Å². The lowest BCUT2D eigenvalue weighted by Gasteiger charge is -2.07. The molecule has 0 bridgehead atoms. The predicted octanol–water partition coefficient (Wildman–Crippen LogP) is 3.94. The normalized spacial score (nSPS) is 11.1. The van der Waals surface area contributed by atoms with E-state index in [9.17, 15) is 0 Å². The summed E-state index contributed by atoms with van der Waals surface area (Å²) in [5.74, 6) is 0.996. The van der Waals surface area contributed by atoms with Gasteiger partial charge in [-0.2, -0.15) is 0 Å². The summed E-state index contributed by atoms with van der Waals surface area (Å²) in [6, 6.07) is 12.1. The van der Waals surface area contributed by atoms with Gasteiger partial charge in [0, 0.05) is 12.1 Å². The van der Waals surface area contributed by atoms with E-state index in [0.29, 0.717) is 5.15 Å². The molecule has 19 heavy (non-hydrogen) atoms. The fourth-order valence-corrected chi connectivity index (χ4v) is 2.35. The van der Waals surface area contributed by atoms with E-state index in [2.05, 4.69) is 33.6 Å². The molecule has 0 spiro atoms. The minimum absolute atomic E-state index is 0.534. The Hall–Kier alpha value is -1.87. The van der Waals surface area contributed by atoms with Crippen LogP contribution in [0.15, 0.2) is 36.4 Å². The molecule has 1 aromatic carbocycles. The van der Waals surface area contributed by atoms with Crippen molar-refractivity contribution < 1.29 is 0 Å². The Bertz CT molecular complexity index is 732. The molecule has 0 unspecified atom stereocenters. The van der Waals surface area contributed by atoms with Gasteiger partial charge in [0.2, 0.25) is 0 Å². The molecule has 2 heterocycles. The molecule has 0 aliphatic heterocycles. The molecule has 3 nitrogen and oxygen atoms in total. The number of halogens is 1. The second-order valence-electron chi connectivity index (χ2n) is 4.49. The first-order valence-corrected chi connectivity index (χ1v) is 6.68. The maximum Gasteiger partial charge on any atom is 0.166 e. The zero-order valence-electron chi connectivity index (χ0n) is 10.9. The van der Waals surface area contributed by atoms with Crippen LogP contribution >= 0.6 is 11.6 Å². The minimum Gasteiger partial charge on any atom is -0.281 e. The van der Waals surface area contributed by atoms with E-state index in [1.54, 1.807) is 0 Å². The third-order valence-electron chi connectivity index (χ3n) is 3.16. The van der Waals surface area contributed by atoms with E-state index in [0.717, 1.165) is 34.7 Å². The summed E-state index contributed by atoms with van der Waals surface area (Å²) in [5, 5.41) is 0.534. The zero-order chi connectivity index (χ0) is 13.4. The number of hydrogen-bond donors (Lipinski definition) is 0. The average molecular weight is 272 g/mol. The molecule has 3 aromatic rings. The molecule has 0 saturated heterocycles. The monoisotopic (exact) mass is 271 g/mol. The molecule has 0 N–H and O–H groups in total. The molecule has 0 radical (unpaired) electrons. The maximum absolute atomic E-state index is 6.15. The van der Waals surface area contributed by atoms with Crippen molar-refractivity contribution in [3.05, 3.63) is 52.9 Å². The Morgan fingerprint density at radius 1 is 1.16 bits per heavy atom. The quantitative estimate of drug-likeness (QED) is 0.661. The molecule has 0 aliphatic rings. The van der Waals surface area contributed by atoms with E-state index >= 15 is 0 Å². The highest BCUT2D eigenvalue weighted by molar-refractivity contribution is 6.30. The second kappa shape index (κ2) is 4.67. The summed E-state index contributed by atoms with van der Waals surface area (Å²) in [6.07, 6.45) is 0.849. The molecule has 3 rings (SSSR count). The van der Waals surface area contributed by atoms with E-state index in [-0.39, 0.29) is 0 Å². The summed E-state index contributed by atoms with van der Waals surface area (Å²) in [4.78, 5) is 9.14. The van der Waals surface area contributed by atoms with Crippen molar-refractivity contribution in [2.45, 2.75) is 20.3 Å². The smallest absolute Gasteiger partial charge is 0.166 e. The van der Waals surface area contributed by atoms with Gasteiger partial charge in [0.25, 0.3) is 0 Å². The van der Waals surface area contributed by atoms with Gasteiger partial charge in [0.15, 0.2) is 5.65 Å². The van der Waals surface area contributed by atoms with Crippen LogP contribution in [-0.4, -0.2) is 14.5 Å². The van der Waals surface area contributed by atoms with Gasteiger partial charge < -0.3 is 0 Å². The first-order chi connectivity index (χ1) is 9.20. The van der Waals surface area contributed by atoms with Crippen LogP contribution in [0.5, 0.6) is 0 Å². The summed E-state index contributed by atoms with van der Waals surface area (Å²) in [5.41, 5.74) is 3.73. The molecule has 96 valence electrons. The molecule has 0 amide bonds. The lowest BCUT2D eigenvalue weighted by molar-refractivity contribution is 0.901. The second-order valence-corrected chi connectivity index (χ2v) is 4.85. The van der Waals surface area contributed by atoms with Crippen LogP contribution in [0.2, 0.25) is 5.15 Å². The molecule has 0 fully saturated rings. The Morgan fingerprint density at radius 2 is 1.89 bits per heavy atom. The Kier molecular flexibility index (Phi) is 2.99. The third-order valence-corrected chi connectivity index (χ3v) is 3.54. The highest BCUT2D eigenvalue weighted by atomic mass is 35.5. The van der Waals surface area contributed by atoms with Crippen LogP contribution in [0, 0.1) is 6.92 Å². The number of aryl methyl sites for hydroxylation is 2. The first kappa shape index (κ1) is 12.2. The number of rotatable bonds is 2. The first-order valence-electron chi connectivity index (χ1n) is 6.30. The van der Waals surface area contributed by atoms with Crippen molar-refractivity contribution in [2.24, 2.45) is 0 Å². The highest BCUT2D eigenvalue weighted by Gasteiger charge is 2.13. The summed E-state index contributed by atoms with van der Waals surface area (Å²) >= 11 is 6.15. The van der Waals surface area contributed by atoms with Crippen LogP contribution in [0.3, 0.4) is 0 Å². The van der Waals surface area contributed by atoms with Gasteiger partial charge >= 0.3 is 0 Å². The van der Waals surface area contributed by atoms with Gasteiger partial charge in [-0.1, -0.05) is 36.7 Å². The average Bonchev–Trinajstić information content (AvgIpc) is 2.78. The lowest BCUT2D eigenvalue weighted by Crippen LogP contribution is -2.00. The molecule has 0 saturated carbocycles.